The number of benzene rings is 2. The zero-order valence-electron chi connectivity index (χ0n) is 25.0. The van der Waals surface area contributed by atoms with E-state index < -0.39 is 0 Å². The Labute approximate surface area is 254 Å². The Bertz CT molecular complexity index is 1440. The Morgan fingerprint density at radius 3 is 2.64 bits per heavy atom. The topological polar surface area (TPSA) is 83.5 Å². The van der Waals surface area contributed by atoms with E-state index in [2.05, 4.69) is 29.7 Å². The molecule has 1 aromatic heterocycles. The largest absolute Gasteiger partial charge is 0.504 e. The third-order valence-corrected chi connectivity index (χ3v) is 8.95. The number of amides is 1. The van der Waals surface area contributed by atoms with E-state index in [1.807, 2.05) is 12.1 Å². The fraction of sp³-hybridized carbons (Fsp3) is 0.486. The van der Waals surface area contributed by atoms with Crippen molar-refractivity contribution in [2.24, 2.45) is 5.92 Å². The standard InChI is InChI=1S/C35H44ClN3O3/c1-23-16-25-18-26(17-23)34-30(19-25)39-29-21-27(36)12-13-28(29)35(34)37-15-9-7-5-3-4-6-8-10-33(41)38-22-24-11-14-31(40)32(20-24)42-2/h11-14,17,20-21,25-26,40H,3-10,15-16,18-19,22H2,1-2H3,(H,37,39)(H,38,41)/t25?,26-/m1/s1. The number of ether oxygens (including phenoxy) is 1. The van der Waals surface area contributed by atoms with Crippen molar-refractivity contribution in [3.8, 4) is 11.5 Å². The number of anilines is 1. The van der Waals surface area contributed by atoms with Gasteiger partial charge in [0.25, 0.3) is 0 Å². The van der Waals surface area contributed by atoms with Gasteiger partial charge in [-0.3, -0.25) is 9.78 Å². The SMILES string of the molecule is COc1cc(CNC(=O)CCCCCCCCCNc2c3c(nc4cc(Cl)ccc24)CC2CC(C)=C[C@@H]3C2)ccc1O. The van der Waals surface area contributed by atoms with Crippen LogP contribution in [0.25, 0.3) is 10.9 Å². The summed E-state index contributed by atoms with van der Waals surface area (Å²) in [5.41, 5.74) is 7.35. The van der Waals surface area contributed by atoms with Gasteiger partial charge in [-0.05, 0) is 80.8 Å². The summed E-state index contributed by atoms with van der Waals surface area (Å²) in [6.45, 7) is 3.67. The Balaban J connectivity index is 1.01. The minimum atomic E-state index is 0.0654. The van der Waals surface area contributed by atoms with Crippen LogP contribution >= 0.6 is 11.6 Å². The minimum absolute atomic E-state index is 0.0654. The summed E-state index contributed by atoms with van der Waals surface area (Å²) in [5, 5.41) is 18.4. The molecule has 2 aliphatic carbocycles. The van der Waals surface area contributed by atoms with Crippen LogP contribution in [0.15, 0.2) is 48.0 Å². The molecule has 0 fully saturated rings. The number of methoxy groups -OCH3 is 1. The first-order valence-electron chi connectivity index (χ1n) is 15.6. The third kappa shape index (κ3) is 7.57. The van der Waals surface area contributed by atoms with Gasteiger partial charge in [-0.1, -0.05) is 61.4 Å². The molecule has 7 heteroatoms. The lowest BCUT2D eigenvalue weighted by atomic mass is 9.71. The molecule has 0 saturated heterocycles. The van der Waals surface area contributed by atoms with Crippen LogP contribution in [0.2, 0.25) is 5.02 Å². The molecule has 3 N–H and O–H groups in total. The summed E-state index contributed by atoms with van der Waals surface area (Å²) in [6, 6.07) is 11.2. The van der Waals surface area contributed by atoms with Crippen molar-refractivity contribution in [1.82, 2.24) is 10.3 Å². The lowest BCUT2D eigenvalue weighted by Crippen LogP contribution is -2.24. The highest BCUT2D eigenvalue weighted by Crippen LogP contribution is 2.47. The van der Waals surface area contributed by atoms with Crippen molar-refractivity contribution in [1.29, 1.82) is 0 Å². The molecular formula is C35H44ClN3O3. The number of aromatic hydroxyl groups is 1. The summed E-state index contributed by atoms with van der Waals surface area (Å²) in [4.78, 5) is 17.3. The summed E-state index contributed by atoms with van der Waals surface area (Å²) >= 11 is 6.34. The molecule has 224 valence electrons. The van der Waals surface area contributed by atoms with Gasteiger partial charge in [0, 0.05) is 52.8 Å². The van der Waals surface area contributed by atoms with Crippen LogP contribution in [0, 0.1) is 5.92 Å². The highest BCUT2D eigenvalue weighted by Gasteiger charge is 2.33. The lowest BCUT2D eigenvalue weighted by Gasteiger charge is -2.36. The van der Waals surface area contributed by atoms with Gasteiger partial charge >= 0.3 is 0 Å². The van der Waals surface area contributed by atoms with E-state index in [-0.39, 0.29) is 11.7 Å². The van der Waals surface area contributed by atoms with Crippen LogP contribution in [0.1, 0.15) is 93.9 Å². The fourth-order valence-corrected chi connectivity index (χ4v) is 6.85. The molecule has 3 aromatic rings. The van der Waals surface area contributed by atoms with Crippen LogP contribution in [0.4, 0.5) is 5.69 Å². The molecule has 6 nitrogen and oxygen atoms in total. The number of pyridine rings is 1. The number of nitrogens with one attached hydrogen (secondary N) is 2. The van der Waals surface area contributed by atoms with E-state index in [0.717, 1.165) is 54.8 Å². The number of halogens is 1. The quantitative estimate of drug-likeness (QED) is 0.130. The van der Waals surface area contributed by atoms with Gasteiger partial charge in [0.05, 0.1) is 12.6 Å². The molecule has 42 heavy (non-hydrogen) atoms. The summed E-state index contributed by atoms with van der Waals surface area (Å²) in [5.74, 6) is 1.75. The maximum Gasteiger partial charge on any atom is 0.220 e. The maximum absolute atomic E-state index is 12.2. The van der Waals surface area contributed by atoms with Gasteiger partial charge in [0.1, 0.15) is 0 Å². The second-order valence-corrected chi connectivity index (χ2v) is 12.5. The molecule has 1 amide bonds. The normalized spacial score (nSPS) is 17.5. The number of unbranched alkanes of at least 4 members (excludes halogenated alkanes) is 6. The van der Waals surface area contributed by atoms with Gasteiger partial charge in [-0.2, -0.15) is 0 Å². The number of phenols is 1. The number of hydrogen-bond acceptors (Lipinski definition) is 5. The molecule has 2 aromatic carbocycles. The zero-order valence-corrected chi connectivity index (χ0v) is 25.7. The van der Waals surface area contributed by atoms with Crippen LogP contribution in [0.5, 0.6) is 11.5 Å². The molecule has 0 aliphatic heterocycles. The third-order valence-electron chi connectivity index (χ3n) is 8.72. The van der Waals surface area contributed by atoms with E-state index in [1.165, 1.54) is 67.1 Å². The van der Waals surface area contributed by atoms with Gasteiger partial charge < -0.3 is 20.5 Å². The first-order valence-corrected chi connectivity index (χ1v) is 15.9. The molecule has 1 heterocycles. The van der Waals surface area contributed by atoms with Gasteiger partial charge in [0.15, 0.2) is 11.5 Å². The van der Waals surface area contributed by atoms with E-state index in [9.17, 15) is 9.90 Å². The van der Waals surface area contributed by atoms with Crippen LogP contribution in [-0.2, 0) is 17.8 Å². The molecule has 2 atom stereocenters. The van der Waals surface area contributed by atoms with Crippen LogP contribution in [-0.4, -0.2) is 29.7 Å². The van der Waals surface area contributed by atoms with Crippen molar-refractivity contribution < 1.29 is 14.6 Å². The number of rotatable bonds is 14. The molecule has 0 spiro atoms. The predicted molar refractivity (Wildman–Crippen MR) is 172 cm³/mol. The van der Waals surface area contributed by atoms with Crippen molar-refractivity contribution in [2.45, 2.75) is 90.0 Å². The Morgan fingerprint density at radius 2 is 1.83 bits per heavy atom. The number of nitrogens with zero attached hydrogens (tertiary/aromatic N) is 1. The molecular weight excluding hydrogens is 546 g/mol. The number of carbonyl (C=O) groups excluding carboxylic acids is 1. The smallest absolute Gasteiger partial charge is 0.220 e. The van der Waals surface area contributed by atoms with Crippen molar-refractivity contribution in [2.75, 3.05) is 19.0 Å². The molecule has 0 radical (unpaired) electrons. The Hall–Kier alpha value is -3.25. The number of allylic oxidation sites excluding steroid dienone is 2. The first-order chi connectivity index (χ1) is 20.4. The number of aromatic nitrogens is 1. The second kappa shape index (κ2) is 14.3. The molecule has 2 bridgehead atoms. The van der Waals surface area contributed by atoms with Gasteiger partial charge in [0.2, 0.25) is 5.91 Å². The van der Waals surface area contributed by atoms with Crippen molar-refractivity contribution in [3.05, 3.63) is 69.9 Å². The highest BCUT2D eigenvalue weighted by atomic mass is 35.5. The number of hydrogen-bond donors (Lipinski definition) is 3. The second-order valence-electron chi connectivity index (χ2n) is 12.1. The fourth-order valence-electron chi connectivity index (χ4n) is 6.69. The van der Waals surface area contributed by atoms with Gasteiger partial charge in [-0.15, -0.1) is 0 Å². The van der Waals surface area contributed by atoms with E-state index in [1.54, 1.807) is 18.2 Å². The van der Waals surface area contributed by atoms with E-state index >= 15 is 0 Å². The zero-order chi connectivity index (χ0) is 29.5. The number of phenolic OH excluding ortho intramolecular Hbond substituents is 1. The molecule has 5 rings (SSSR count). The van der Waals surface area contributed by atoms with Crippen LogP contribution in [0.3, 0.4) is 0 Å². The number of carbonyl (C=O) groups is 1. The monoisotopic (exact) mass is 589 g/mol. The highest BCUT2D eigenvalue weighted by molar-refractivity contribution is 6.31. The maximum atomic E-state index is 12.2. The average Bonchev–Trinajstić information content (AvgIpc) is 2.96. The Kier molecular flexibility index (Phi) is 10.3. The van der Waals surface area contributed by atoms with E-state index in [4.69, 9.17) is 21.3 Å². The summed E-state index contributed by atoms with van der Waals surface area (Å²) in [7, 11) is 1.52. The van der Waals surface area contributed by atoms with Crippen molar-refractivity contribution in [3.63, 3.8) is 0 Å². The van der Waals surface area contributed by atoms with Crippen molar-refractivity contribution >= 4 is 34.1 Å². The Morgan fingerprint density at radius 1 is 1.05 bits per heavy atom. The van der Waals surface area contributed by atoms with Gasteiger partial charge in [-0.25, -0.2) is 0 Å². The van der Waals surface area contributed by atoms with E-state index in [0.29, 0.717) is 30.6 Å². The van der Waals surface area contributed by atoms with Crippen LogP contribution < -0.4 is 15.4 Å². The lowest BCUT2D eigenvalue weighted by molar-refractivity contribution is -0.121. The number of fused-ring (bicyclic) bond motifs is 5. The minimum Gasteiger partial charge on any atom is -0.504 e. The molecule has 1 unspecified atom stereocenters. The summed E-state index contributed by atoms with van der Waals surface area (Å²) in [6.07, 6.45) is 14.4. The predicted octanol–water partition coefficient (Wildman–Crippen LogP) is 8.45. The molecule has 0 saturated carbocycles. The average molecular weight is 590 g/mol. The first kappa shape index (κ1) is 30.2. The molecule has 2 aliphatic rings. The summed E-state index contributed by atoms with van der Waals surface area (Å²) < 4.78 is 5.13.